The van der Waals surface area contributed by atoms with E-state index in [0.29, 0.717) is 0 Å². The van der Waals surface area contributed by atoms with Crippen LogP contribution in [0.4, 0.5) is 0 Å². The van der Waals surface area contributed by atoms with E-state index in [2.05, 4.69) is 15.9 Å². The van der Waals surface area contributed by atoms with E-state index in [-0.39, 0.29) is 18.8 Å². The molecule has 0 saturated carbocycles. The van der Waals surface area contributed by atoms with E-state index in [1.54, 1.807) is 13.0 Å². The number of ether oxygens (including phenoxy) is 1. The Labute approximate surface area is 126 Å². The van der Waals surface area contributed by atoms with Crippen LogP contribution in [0.1, 0.15) is 25.8 Å². The lowest BCUT2D eigenvalue weighted by Gasteiger charge is -2.20. The third-order valence-electron chi connectivity index (χ3n) is 2.55. The molecule has 1 aromatic rings. The fraction of sp³-hybridized carbons (Fsp3) is 0.333. The van der Waals surface area contributed by atoms with Crippen molar-refractivity contribution >= 4 is 33.8 Å². The number of hydrogen-bond donors (Lipinski definition) is 1. The van der Waals surface area contributed by atoms with Crippen LogP contribution in [0.5, 0.6) is 0 Å². The van der Waals surface area contributed by atoms with Gasteiger partial charge in [0.05, 0.1) is 6.61 Å². The molecule has 1 atom stereocenters. The lowest BCUT2D eigenvalue weighted by molar-refractivity contribution is -0.161. The van der Waals surface area contributed by atoms with E-state index < -0.39 is 11.6 Å². The number of aliphatic hydroxyl groups is 1. The molecule has 108 valence electrons. The summed E-state index contributed by atoms with van der Waals surface area (Å²) in [5.74, 6) is -1.11. The summed E-state index contributed by atoms with van der Waals surface area (Å²) in [5, 5.41) is 10.3. The van der Waals surface area contributed by atoms with Crippen molar-refractivity contribution in [1.82, 2.24) is 0 Å². The van der Waals surface area contributed by atoms with Gasteiger partial charge in [0, 0.05) is 10.9 Å². The van der Waals surface area contributed by atoms with Crippen molar-refractivity contribution in [2.75, 3.05) is 6.61 Å². The van der Waals surface area contributed by atoms with Crippen LogP contribution in [0, 0.1) is 0 Å². The lowest BCUT2D eigenvalue weighted by atomic mass is 9.96. The predicted octanol–water partition coefficient (Wildman–Crippen LogP) is 2.74. The zero-order valence-corrected chi connectivity index (χ0v) is 13.0. The number of Topliss-reactive ketones (excluding diaryl/α,β-unsaturated/α-hetero) is 1. The first-order valence-electron chi connectivity index (χ1n) is 6.21. The third-order valence-corrected chi connectivity index (χ3v) is 3.04. The fourth-order valence-corrected chi connectivity index (χ4v) is 2.10. The molecule has 0 amide bonds. The Morgan fingerprint density at radius 1 is 1.45 bits per heavy atom. The maximum absolute atomic E-state index is 11.8. The molecule has 1 rings (SSSR count). The molecule has 0 radical (unpaired) electrons. The second kappa shape index (κ2) is 7.36. The minimum absolute atomic E-state index is 0.143. The summed E-state index contributed by atoms with van der Waals surface area (Å²) in [4.78, 5) is 23.0. The Bertz CT molecular complexity index is 524. The number of esters is 1. The molecule has 0 unspecified atom stereocenters. The van der Waals surface area contributed by atoms with E-state index in [9.17, 15) is 14.7 Å². The number of ketones is 1. The van der Waals surface area contributed by atoms with Gasteiger partial charge in [-0.15, -0.1) is 0 Å². The van der Waals surface area contributed by atoms with Gasteiger partial charge < -0.3 is 9.84 Å². The second-order valence-corrected chi connectivity index (χ2v) is 5.33. The molecule has 0 bridgehead atoms. The summed E-state index contributed by atoms with van der Waals surface area (Å²) in [6, 6.07) is 7.35. The molecular formula is C15H17BrO4. The van der Waals surface area contributed by atoms with Crippen LogP contribution in [0.15, 0.2) is 34.8 Å². The summed E-state index contributed by atoms with van der Waals surface area (Å²) in [7, 11) is 0. The predicted molar refractivity (Wildman–Crippen MR) is 80.1 cm³/mol. The monoisotopic (exact) mass is 340 g/mol. The second-order valence-electron chi connectivity index (χ2n) is 4.41. The molecule has 0 fully saturated rings. The number of carbonyl (C=O) groups excluding carboxylic acids is 2. The largest absolute Gasteiger partial charge is 0.464 e. The fourth-order valence-electron chi connectivity index (χ4n) is 1.68. The first kappa shape index (κ1) is 16.6. The zero-order valence-electron chi connectivity index (χ0n) is 11.4. The first-order valence-corrected chi connectivity index (χ1v) is 7.00. The van der Waals surface area contributed by atoms with E-state index in [1.165, 1.54) is 13.0 Å². The van der Waals surface area contributed by atoms with Gasteiger partial charge in [-0.2, -0.15) is 0 Å². The summed E-state index contributed by atoms with van der Waals surface area (Å²) >= 11 is 3.33. The molecule has 1 aromatic carbocycles. The normalized spacial score (nSPS) is 14.0. The standard InChI is InChI=1S/C15H17BrO4/c1-3-20-14(18)15(19,10-11(2)17)8-7-12-5-4-6-13(16)9-12/h4-9,19H,3,10H2,1-2H3/b8-7+/t15-/m1/s1. The van der Waals surface area contributed by atoms with Crippen molar-refractivity contribution in [3.63, 3.8) is 0 Å². The minimum Gasteiger partial charge on any atom is -0.464 e. The van der Waals surface area contributed by atoms with Crippen molar-refractivity contribution in [1.29, 1.82) is 0 Å². The Hall–Kier alpha value is -1.46. The maximum atomic E-state index is 11.8. The highest BCUT2D eigenvalue weighted by Crippen LogP contribution is 2.19. The number of hydrogen-bond acceptors (Lipinski definition) is 4. The molecule has 0 aliphatic heterocycles. The highest BCUT2D eigenvalue weighted by atomic mass is 79.9. The molecule has 0 heterocycles. The average Bonchev–Trinajstić information content (AvgIpc) is 2.36. The molecule has 0 aliphatic carbocycles. The Morgan fingerprint density at radius 2 is 2.15 bits per heavy atom. The summed E-state index contributed by atoms with van der Waals surface area (Å²) in [5.41, 5.74) is -1.13. The van der Waals surface area contributed by atoms with Gasteiger partial charge >= 0.3 is 5.97 Å². The van der Waals surface area contributed by atoms with Gasteiger partial charge in [0.2, 0.25) is 0 Å². The van der Waals surface area contributed by atoms with Gasteiger partial charge in [-0.05, 0) is 37.6 Å². The van der Waals surface area contributed by atoms with E-state index in [1.807, 2.05) is 24.3 Å². The van der Waals surface area contributed by atoms with Gasteiger partial charge in [-0.1, -0.05) is 34.1 Å². The van der Waals surface area contributed by atoms with E-state index in [0.717, 1.165) is 10.0 Å². The zero-order chi connectivity index (χ0) is 15.2. The van der Waals surface area contributed by atoms with Gasteiger partial charge in [0.15, 0.2) is 5.60 Å². The molecule has 0 spiro atoms. The molecule has 0 aromatic heterocycles. The average molecular weight is 341 g/mol. The Kier molecular flexibility index (Phi) is 6.10. The molecular weight excluding hydrogens is 324 g/mol. The maximum Gasteiger partial charge on any atom is 0.342 e. The van der Waals surface area contributed by atoms with Crippen LogP contribution in [-0.4, -0.2) is 29.1 Å². The molecule has 0 aliphatic rings. The highest BCUT2D eigenvalue weighted by molar-refractivity contribution is 9.10. The van der Waals surface area contributed by atoms with Crippen molar-refractivity contribution < 1.29 is 19.4 Å². The Balaban J connectivity index is 3.00. The van der Waals surface area contributed by atoms with Crippen LogP contribution in [0.2, 0.25) is 0 Å². The SMILES string of the molecule is CCOC(=O)[C@@](O)(/C=C/c1cccc(Br)c1)CC(C)=O. The first-order chi connectivity index (χ1) is 9.37. The molecule has 4 nitrogen and oxygen atoms in total. The van der Waals surface area contributed by atoms with E-state index >= 15 is 0 Å². The van der Waals surface area contributed by atoms with Crippen molar-refractivity contribution in [3.8, 4) is 0 Å². The molecule has 0 saturated heterocycles. The molecule has 5 heteroatoms. The number of carbonyl (C=O) groups is 2. The van der Waals surface area contributed by atoms with Crippen molar-refractivity contribution in [3.05, 3.63) is 40.4 Å². The van der Waals surface area contributed by atoms with Gasteiger partial charge in [0.1, 0.15) is 5.78 Å². The highest BCUT2D eigenvalue weighted by Gasteiger charge is 2.36. The molecule has 20 heavy (non-hydrogen) atoms. The van der Waals surface area contributed by atoms with E-state index in [4.69, 9.17) is 4.74 Å². The lowest BCUT2D eigenvalue weighted by Crippen LogP contribution is -2.39. The Morgan fingerprint density at radius 3 is 2.70 bits per heavy atom. The molecule has 1 N–H and O–H groups in total. The third kappa shape index (κ3) is 4.90. The smallest absolute Gasteiger partial charge is 0.342 e. The van der Waals surface area contributed by atoms with Gasteiger partial charge in [-0.25, -0.2) is 4.79 Å². The van der Waals surface area contributed by atoms with Gasteiger partial charge in [0.25, 0.3) is 0 Å². The quantitative estimate of drug-likeness (QED) is 0.808. The number of halogens is 1. The topological polar surface area (TPSA) is 63.6 Å². The van der Waals surface area contributed by atoms with Crippen LogP contribution in [0.3, 0.4) is 0 Å². The summed E-state index contributed by atoms with van der Waals surface area (Å²) in [6.45, 7) is 3.10. The van der Waals surface area contributed by atoms with Crippen LogP contribution >= 0.6 is 15.9 Å². The summed E-state index contributed by atoms with van der Waals surface area (Å²) < 4.78 is 5.70. The van der Waals surface area contributed by atoms with Crippen LogP contribution in [-0.2, 0) is 14.3 Å². The minimum atomic E-state index is -1.93. The summed E-state index contributed by atoms with van der Waals surface area (Å²) in [6.07, 6.45) is 2.58. The van der Waals surface area contributed by atoms with Crippen LogP contribution < -0.4 is 0 Å². The van der Waals surface area contributed by atoms with Crippen molar-refractivity contribution in [2.24, 2.45) is 0 Å². The van der Waals surface area contributed by atoms with Crippen molar-refractivity contribution in [2.45, 2.75) is 25.9 Å². The van der Waals surface area contributed by atoms with Gasteiger partial charge in [-0.3, -0.25) is 4.79 Å². The number of benzene rings is 1. The van der Waals surface area contributed by atoms with Crippen LogP contribution in [0.25, 0.3) is 6.08 Å². The number of rotatable bonds is 6.